The van der Waals surface area contributed by atoms with Crippen LogP contribution in [-0.4, -0.2) is 19.1 Å². The third-order valence-corrected chi connectivity index (χ3v) is 5.51. The maximum absolute atomic E-state index is 12.4. The molecular weight excluding hydrogens is 436 g/mol. The normalized spacial score (nSPS) is 21.0. The average Bonchev–Trinajstić information content (AvgIpc) is 2.54. The van der Waals surface area contributed by atoms with Crippen molar-refractivity contribution in [3.05, 3.63) is 32.2 Å². The zero-order chi connectivity index (χ0) is 17.7. The van der Waals surface area contributed by atoms with Crippen molar-refractivity contribution in [3.8, 4) is 11.8 Å². The van der Waals surface area contributed by atoms with E-state index in [1.165, 1.54) is 6.42 Å². The van der Waals surface area contributed by atoms with Crippen LogP contribution in [0.15, 0.2) is 26.7 Å². The Labute approximate surface area is 159 Å². The summed E-state index contributed by atoms with van der Waals surface area (Å²) in [4.78, 5) is 12.4. The van der Waals surface area contributed by atoms with Gasteiger partial charge < -0.3 is 10.1 Å². The van der Waals surface area contributed by atoms with Crippen LogP contribution >= 0.6 is 31.9 Å². The monoisotopic (exact) mass is 454 g/mol. The van der Waals surface area contributed by atoms with Crippen LogP contribution in [0.1, 0.15) is 38.2 Å². The SMILES string of the molecule is COc1c(Br)cc(/C=C(\C#N)C(=O)N[C@H]2CCCC[C@@H]2C)cc1Br. The first kappa shape index (κ1) is 19.0. The van der Waals surface area contributed by atoms with Gasteiger partial charge in [-0.15, -0.1) is 0 Å². The molecule has 0 spiro atoms. The standard InChI is InChI=1S/C18H20Br2N2O2/c1-11-5-3-4-6-16(11)22-18(23)13(10-21)7-12-8-14(19)17(24-2)15(20)9-12/h7-9,11,16H,3-6H2,1-2H3,(H,22,23)/b13-7+/t11-,16-/m0/s1. The maximum atomic E-state index is 12.4. The number of ether oxygens (including phenoxy) is 1. The van der Waals surface area contributed by atoms with E-state index in [2.05, 4.69) is 44.1 Å². The lowest BCUT2D eigenvalue weighted by molar-refractivity contribution is -0.118. The number of nitrogens with zero attached hydrogens (tertiary/aromatic N) is 1. The lowest BCUT2D eigenvalue weighted by atomic mass is 9.86. The number of rotatable bonds is 4. The molecule has 4 nitrogen and oxygen atoms in total. The molecule has 1 amide bonds. The van der Waals surface area contributed by atoms with Crippen LogP contribution < -0.4 is 10.1 Å². The van der Waals surface area contributed by atoms with Gasteiger partial charge in [-0.25, -0.2) is 0 Å². The van der Waals surface area contributed by atoms with E-state index in [1.54, 1.807) is 13.2 Å². The van der Waals surface area contributed by atoms with Crippen molar-refractivity contribution >= 4 is 43.8 Å². The van der Waals surface area contributed by atoms with Gasteiger partial charge in [-0.3, -0.25) is 4.79 Å². The molecule has 128 valence electrons. The van der Waals surface area contributed by atoms with E-state index in [0.717, 1.165) is 33.8 Å². The van der Waals surface area contributed by atoms with Crippen LogP contribution in [0.2, 0.25) is 0 Å². The largest absolute Gasteiger partial charge is 0.494 e. The molecule has 0 bridgehead atoms. The summed E-state index contributed by atoms with van der Waals surface area (Å²) >= 11 is 6.85. The number of hydrogen-bond donors (Lipinski definition) is 1. The van der Waals surface area contributed by atoms with Gasteiger partial charge in [0.25, 0.3) is 5.91 Å². The topological polar surface area (TPSA) is 62.1 Å². The van der Waals surface area contributed by atoms with Crippen LogP contribution in [0.5, 0.6) is 5.75 Å². The highest BCUT2D eigenvalue weighted by atomic mass is 79.9. The zero-order valence-corrected chi connectivity index (χ0v) is 16.9. The molecule has 1 aliphatic rings. The summed E-state index contributed by atoms with van der Waals surface area (Å²) in [5.41, 5.74) is 0.856. The van der Waals surface area contributed by atoms with Gasteiger partial charge in [0.2, 0.25) is 0 Å². The molecule has 2 rings (SSSR count). The highest BCUT2D eigenvalue weighted by Gasteiger charge is 2.24. The van der Waals surface area contributed by atoms with Crippen molar-refractivity contribution in [1.82, 2.24) is 5.32 Å². The first-order chi connectivity index (χ1) is 11.5. The molecule has 1 aliphatic carbocycles. The molecular formula is C18H20Br2N2O2. The van der Waals surface area contributed by atoms with Crippen LogP contribution in [0.3, 0.4) is 0 Å². The average molecular weight is 456 g/mol. The summed E-state index contributed by atoms with van der Waals surface area (Å²) in [5.74, 6) is 0.817. The third kappa shape index (κ3) is 4.61. The van der Waals surface area contributed by atoms with Crippen molar-refractivity contribution in [3.63, 3.8) is 0 Å². The number of carbonyl (C=O) groups is 1. The molecule has 1 N–H and O–H groups in total. The number of amides is 1. The number of nitriles is 1. The Morgan fingerprint density at radius 3 is 2.50 bits per heavy atom. The molecule has 0 unspecified atom stereocenters. The van der Waals surface area contributed by atoms with Crippen LogP contribution in [0.25, 0.3) is 6.08 Å². The fourth-order valence-corrected chi connectivity index (χ4v) is 4.50. The predicted molar refractivity (Wildman–Crippen MR) is 102 cm³/mol. The van der Waals surface area contributed by atoms with Gasteiger partial charge in [-0.1, -0.05) is 19.8 Å². The molecule has 0 aromatic heterocycles. The smallest absolute Gasteiger partial charge is 0.262 e. The first-order valence-corrected chi connectivity index (χ1v) is 9.50. The minimum Gasteiger partial charge on any atom is -0.494 e. The van der Waals surface area contributed by atoms with Gasteiger partial charge in [-0.2, -0.15) is 5.26 Å². The lowest BCUT2D eigenvalue weighted by Gasteiger charge is -2.29. The first-order valence-electron chi connectivity index (χ1n) is 7.92. The Balaban J connectivity index is 2.19. The van der Waals surface area contributed by atoms with Gasteiger partial charge >= 0.3 is 0 Å². The predicted octanol–water partition coefficient (Wildman–Crippen LogP) is 4.82. The van der Waals surface area contributed by atoms with Crippen molar-refractivity contribution in [2.75, 3.05) is 7.11 Å². The summed E-state index contributed by atoms with van der Waals surface area (Å²) in [6.45, 7) is 2.15. The van der Waals surface area contributed by atoms with Gasteiger partial charge in [-0.05, 0) is 74.4 Å². The Morgan fingerprint density at radius 1 is 1.33 bits per heavy atom. The van der Waals surface area contributed by atoms with E-state index in [1.807, 2.05) is 18.2 Å². The molecule has 24 heavy (non-hydrogen) atoms. The number of hydrogen-bond acceptors (Lipinski definition) is 3. The second-order valence-electron chi connectivity index (χ2n) is 6.03. The molecule has 1 aromatic carbocycles. The Hall–Kier alpha value is -1.32. The summed E-state index contributed by atoms with van der Waals surface area (Å²) in [5, 5.41) is 12.4. The van der Waals surface area contributed by atoms with Crippen LogP contribution in [0, 0.1) is 17.2 Å². The minimum atomic E-state index is -0.306. The zero-order valence-electron chi connectivity index (χ0n) is 13.7. The quantitative estimate of drug-likeness (QED) is 0.522. The highest BCUT2D eigenvalue weighted by molar-refractivity contribution is 9.11. The summed E-state index contributed by atoms with van der Waals surface area (Å²) in [7, 11) is 1.58. The van der Waals surface area contributed by atoms with Gasteiger partial charge in [0.1, 0.15) is 17.4 Å². The van der Waals surface area contributed by atoms with Crippen molar-refractivity contribution < 1.29 is 9.53 Å². The summed E-state index contributed by atoms with van der Waals surface area (Å²) in [6, 6.07) is 5.79. The van der Waals surface area contributed by atoms with Gasteiger partial charge in [0, 0.05) is 6.04 Å². The number of halogens is 2. The fourth-order valence-electron chi connectivity index (χ4n) is 2.95. The van der Waals surface area contributed by atoms with E-state index in [-0.39, 0.29) is 17.5 Å². The Kier molecular flexibility index (Phi) is 6.88. The number of carbonyl (C=O) groups excluding carboxylic acids is 1. The molecule has 1 saturated carbocycles. The lowest BCUT2D eigenvalue weighted by Crippen LogP contribution is -2.41. The van der Waals surface area contributed by atoms with E-state index < -0.39 is 0 Å². The Bertz CT molecular complexity index is 672. The third-order valence-electron chi connectivity index (χ3n) is 4.33. The summed E-state index contributed by atoms with van der Waals surface area (Å²) in [6.07, 6.45) is 6.03. The van der Waals surface area contributed by atoms with Crippen molar-refractivity contribution in [2.24, 2.45) is 5.92 Å². The maximum Gasteiger partial charge on any atom is 0.262 e. The molecule has 2 atom stereocenters. The Morgan fingerprint density at radius 2 is 1.96 bits per heavy atom. The van der Waals surface area contributed by atoms with E-state index in [4.69, 9.17) is 4.74 Å². The molecule has 0 radical (unpaired) electrons. The minimum absolute atomic E-state index is 0.108. The fraction of sp³-hybridized carbons (Fsp3) is 0.444. The van der Waals surface area contributed by atoms with Gasteiger partial charge in [0.15, 0.2) is 0 Å². The van der Waals surface area contributed by atoms with E-state index in [9.17, 15) is 10.1 Å². The molecule has 0 heterocycles. The highest BCUT2D eigenvalue weighted by Crippen LogP contribution is 2.35. The molecule has 0 saturated heterocycles. The molecule has 1 aromatic rings. The number of benzene rings is 1. The number of nitrogens with one attached hydrogen (secondary N) is 1. The van der Waals surface area contributed by atoms with Crippen molar-refractivity contribution in [2.45, 2.75) is 38.6 Å². The van der Waals surface area contributed by atoms with Crippen LogP contribution in [-0.2, 0) is 4.79 Å². The van der Waals surface area contributed by atoms with E-state index >= 15 is 0 Å². The second kappa shape index (κ2) is 8.68. The molecule has 1 fully saturated rings. The van der Waals surface area contributed by atoms with Gasteiger partial charge in [0.05, 0.1) is 16.1 Å². The van der Waals surface area contributed by atoms with Crippen LogP contribution in [0.4, 0.5) is 0 Å². The van der Waals surface area contributed by atoms with Crippen molar-refractivity contribution in [1.29, 1.82) is 5.26 Å². The summed E-state index contributed by atoms with van der Waals surface area (Å²) < 4.78 is 6.77. The number of methoxy groups -OCH3 is 1. The second-order valence-corrected chi connectivity index (χ2v) is 7.74. The van der Waals surface area contributed by atoms with E-state index in [0.29, 0.717) is 11.7 Å². The molecule has 6 heteroatoms. The molecule has 0 aliphatic heterocycles.